The lowest BCUT2D eigenvalue weighted by Crippen LogP contribution is -2.55. The van der Waals surface area contributed by atoms with E-state index in [9.17, 15) is 14.9 Å². The Morgan fingerprint density at radius 1 is 1.12 bits per heavy atom. The van der Waals surface area contributed by atoms with Gasteiger partial charge in [0.05, 0.1) is 24.8 Å². The van der Waals surface area contributed by atoms with Gasteiger partial charge in [-0.25, -0.2) is 9.59 Å². The fourth-order valence-electron chi connectivity index (χ4n) is 2.72. The number of alkyl carbamates (subject to hydrolysis) is 2. The summed E-state index contributed by atoms with van der Waals surface area (Å²) in [5, 5.41) is 14.8. The molecule has 0 unspecified atom stereocenters. The van der Waals surface area contributed by atoms with Crippen LogP contribution in [0.4, 0.5) is 9.59 Å². The molecule has 2 N–H and O–H groups in total. The van der Waals surface area contributed by atoms with Crippen LogP contribution in [0.15, 0.2) is 0 Å². The molecule has 0 aromatic carbocycles. The molecule has 0 aromatic rings. The van der Waals surface area contributed by atoms with Crippen molar-refractivity contribution in [1.29, 1.82) is 5.26 Å². The van der Waals surface area contributed by atoms with E-state index in [2.05, 4.69) is 36.3 Å². The lowest BCUT2D eigenvalue weighted by atomic mass is 9.83. The molecule has 8 heteroatoms. The standard InChI is InChI=1S/C18H33N3O4Si/c1-18(2,3)25-17(23)21-15-11-13(12-19)7-8-14(15)20-16(22)24-9-10-26(4,5)6/h13-15H,7-11H2,1-6H3,(H,20,22)(H,21,23)/t13-,14-,15-/m0/s1. The molecule has 1 aliphatic carbocycles. The maximum absolute atomic E-state index is 12.1. The van der Waals surface area contributed by atoms with E-state index in [0.29, 0.717) is 25.9 Å². The quantitative estimate of drug-likeness (QED) is 0.706. The summed E-state index contributed by atoms with van der Waals surface area (Å²) in [5.41, 5.74) is -0.605. The van der Waals surface area contributed by atoms with E-state index in [-0.39, 0.29) is 18.0 Å². The van der Waals surface area contributed by atoms with Crippen LogP contribution in [0, 0.1) is 17.2 Å². The van der Waals surface area contributed by atoms with Crippen LogP contribution < -0.4 is 10.6 Å². The van der Waals surface area contributed by atoms with E-state index in [1.165, 1.54) is 0 Å². The van der Waals surface area contributed by atoms with Crippen LogP contribution in [-0.4, -0.2) is 44.6 Å². The van der Waals surface area contributed by atoms with E-state index in [1.807, 2.05) is 0 Å². The maximum atomic E-state index is 12.1. The molecule has 0 radical (unpaired) electrons. The number of nitriles is 1. The lowest BCUT2D eigenvalue weighted by Gasteiger charge is -2.35. The first-order valence-electron chi connectivity index (χ1n) is 9.22. The number of nitrogens with one attached hydrogen (secondary N) is 2. The van der Waals surface area contributed by atoms with Gasteiger partial charge in [0.15, 0.2) is 0 Å². The number of amides is 2. The predicted molar refractivity (Wildman–Crippen MR) is 103 cm³/mol. The number of hydrogen-bond acceptors (Lipinski definition) is 5. The third kappa shape index (κ3) is 9.09. The zero-order valence-electron chi connectivity index (χ0n) is 16.8. The number of ether oxygens (including phenoxy) is 2. The van der Waals surface area contributed by atoms with E-state index >= 15 is 0 Å². The first kappa shape index (κ1) is 22.3. The van der Waals surface area contributed by atoms with Crippen molar-refractivity contribution in [2.75, 3.05) is 6.61 Å². The van der Waals surface area contributed by atoms with Crippen LogP contribution in [0.5, 0.6) is 0 Å². The van der Waals surface area contributed by atoms with Crippen LogP contribution in [0.1, 0.15) is 40.0 Å². The van der Waals surface area contributed by atoms with Crippen LogP contribution >= 0.6 is 0 Å². The van der Waals surface area contributed by atoms with Crippen molar-refractivity contribution < 1.29 is 19.1 Å². The molecule has 2 amide bonds. The lowest BCUT2D eigenvalue weighted by molar-refractivity contribution is 0.0469. The molecule has 7 nitrogen and oxygen atoms in total. The molecular weight excluding hydrogens is 350 g/mol. The minimum Gasteiger partial charge on any atom is -0.450 e. The Morgan fingerprint density at radius 3 is 2.27 bits per heavy atom. The predicted octanol–water partition coefficient (Wildman–Crippen LogP) is 3.64. The molecule has 1 rings (SSSR count). The van der Waals surface area contributed by atoms with Crippen molar-refractivity contribution in [2.24, 2.45) is 5.92 Å². The van der Waals surface area contributed by atoms with Crippen molar-refractivity contribution in [3.05, 3.63) is 0 Å². The third-order valence-electron chi connectivity index (χ3n) is 4.12. The smallest absolute Gasteiger partial charge is 0.407 e. The van der Waals surface area contributed by atoms with E-state index in [1.54, 1.807) is 20.8 Å². The van der Waals surface area contributed by atoms with Gasteiger partial charge >= 0.3 is 12.2 Å². The number of nitrogens with zero attached hydrogens (tertiary/aromatic N) is 1. The Balaban J connectivity index is 2.60. The molecule has 0 spiro atoms. The van der Waals surface area contributed by atoms with Crippen LogP contribution in [0.2, 0.25) is 25.7 Å². The normalized spacial score (nSPS) is 23.5. The number of rotatable bonds is 5. The maximum Gasteiger partial charge on any atom is 0.407 e. The van der Waals surface area contributed by atoms with Crippen LogP contribution in [-0.2, 0) is 9.47 Å². The van der Waals surface area contributed by atoms with Gasteiger partial charge in [0.2, 0.25) is 0 Å². The third-order valence-corrected chi connectivity index (χ3v) is 5.83. The average Bonchev–Trinajstić information content (AvgIpc) is 2.45. The highest BCUT2D eigenvalue weighted by Crippen LogP contribution is 2.25. The summed E-state index contributed by atoms with van der Waals surface area (Å²) < 4.78 is 10.6. The summed E-state index contributed by atoms with van der Waals surface area (Å²) in [4.78, 5) is 24.2. The van der Waals surface area contributed by atoms with E-state index in [4.69, 9.17) is 9.47 Å². The van der Waals surface area contributed by atoms with Gasteiger partial charge in [-0.1, -0.05) is 19.6 Å². The summed E-state index contributed by atoms with van der Waals surface area (Å²) in [6, 6.07) is 2.53. The van der Waals surface area contributed by atoms with Crippen molar-refractivity contribution in [3.63, 3.8) is 0 Å². The highest BCUT2D eigenvalue weighted by atomic mass is 28.3. The van der Waals surface area contributed by atoms with Gasteiger partial charge in [-0.15, -0.1) is 0 Å². The van der Waals surface area contributed by atoms with Gasteiger partial charge in [-0.05, 0) is 46.1 Å². The van der Waals surface area contributed by atoms with E-state index in [0.717, 1.165) is 6.04 Å². The minimum atomic E-state index is -1.26. The number of carbonyl (C=O) groups is 2. The van der Waals surface area contributed by atoms with Gasteiger partial charge in [-0.3, -0.25) is 0 Å². The first-order valence-corrected chi connectivity index (χ1v) is 12.9. The summed E-state index contributed by atoms with van der Waals surface area (Å²) in [6.45, 7) is 12.4. The highest BCUT2D eigenvalue weighted by molar-refractivity contribution is 6.76. The fraction of sp³-hybridized carbons (Fsp3) is 0.833. The van der Waals surface area contributed by atoms with Crippen molar-refractivity contribution in [2.45, 2.75) is 83.4 Å². The topological polar surface area (TPSA) is 100 Å². The summed E-state index contributed by atoms with van der Waals surface area (Å²) >= 11 is 0. The molecule has 0 heterocycles. The summed E-state index contributed by atoms with van der Waals surface area (Å²) in [7, 11) is -1.26. The zero-order valence-corrected chi connectivity index (χ0v) is 17.8. The van der Waals surface area contributed by atoms with Gasteiger partial charge < -0.3 is 20.1 Å². The second-order valence-electron chi connectivity index (χ2n) is 9.09. The summed E-state index contributed by atoms with van der Waals surface area (Å²) in [6.07, 6.45) is 0.764. The van der Waals surface area contributed by atoms with Crippen molar-refractivity contribution >= 4 is 20.3 Å². The second kappa shape index (κ2) is 9.26. The molecule has 1 aliphatic rings. The monoisotopic (exact) mass is 383 g/mol. The molecule has 148 valence electrons. The van der Waals surface area contributed by atoms with Crippen molar-refractivity contribution in [1.82, 2.24) is 10.6 Å². The van der Waals surface area contributed by atoms with Crippen molar-refractivity contribution in [3.8, 4) is 6.07 Å². The fourth-order valence-corrected chi connectivity index (χ4v) is 3.44. The van der Waals surface area contributed by atoms with Crippen LogP contribution in [0.3, 0.4) is 0 Å². The molecular formula is C18H33N3O4Si. The van der Waals surface area contributed by atoms with Gasteiger partial charge in [0.1, 0.15) is 5.60 Å². The molecule has 0 bridgehead atoms. The molecule has 0 aliphatic heterocycles. The Bertz CT molecular complexity index is 534. The molecule has 0 saturated heterocycles. The molecule has 1 saturated carbocycles. The van der Waals surface area contributed by atoms with Gasteiger partial charge in [0.25, 0.3) is 0 Å². The van der Waals surface area contributed by atoms with Crippen LogP contribution in [0.25, 0.3) is 0 Å². The zero-order chi connectivity index (χ0) is 20.0. The van der Waals surface area contributed by atoms with Gasteiger partial charge in [0, 0.05) is 14.0 Å². The Morgan fingerprint density at radius 2 is 1.73 bits per heavy atom. The highest BCUT2D eigenvalue weighted by Gasteiger charge is 2.34. The molecule has 3 atom stereocenters. The SMILES string of the molecule is CC(C)(C)OC(=O)N[C@H]1C[C@@H](C#N)CC[C@@H]1NC(=O)OCC[Si](C)(C)C. The molecule has 0 aromatic heterocycles. The van der Waals surface area contributed by atoms with E-state index < -0.39 is 25.9 Å². The largest absolute Gasteiger partial charge is 0.450 e. The number of hydrogen-bond donors (Lipinski definition) is 2. The summed E-state index contributed by atoms with van der Waals surface area (Å²) in [5.74, 6) is -0.143. The first-order chi connectivity index (χ1) is 11.9. The molecule has 1 fully saturated rings. The Kier molecular flexibility index (Phi) is 7.94. The Hall–Kier alpha value is -1.75. The second-order valence-corrected chi connectivity index (χ2v) is 14.7. The average molecular weight is 384 g/mol. The Labute approximate surface area is 157 Å². The van der Waals surface area contributed by atoms with Gasteiger partial charge in [-0.2, -0.15) is 5.26 Å². The molecule has 26 heavy (non-hydrogen) atoms. The minimum absolute atomic E-state index is 0.143. The number of carbonyl (C=O) groups excluding carboxylic acids is 2.